The van der Waals surface area contributed by atoms with Gasteiger partial charge in [0.25, 0.3) is 5.91 Å². The van der Waals surface area contributed by atoms with Gasteiger partial charge in [-0.25, -0.2) is 0 Å². The highest BCUT2D eigenvalue weighted by Crippen LogP contribution is 2.27. The summed E-state index contributed by atoms with van der Waals surface area (Å²) in [4.78, 5) is 19.3. The lowest BCUT2D eigenvalue weighted by molar-refractivity contribution is -0.141. The normalized spacial score (nSPS) is 18.4. The summed E-state index contributed by atoms with van der Waals surface area (Å²) in [5.41, 5.74) is 3.30. The lowest BCUT2D eigenvalue weighted by Crippen LogP contribution is -2.52. The van der Waals surface area contributed by atoms with E-state index >= 15 is 0 Å². The maximum Gasteiger partial charge on any atom is 0.263 e. The molecular weight excluding hydrogens is 338 g/mol. The maximum absolute atomic E-state index is 13.2. The number of amides is 1. The molecule has 1 fully saturated rings. The number of hydrogen-bond acceptors (Lipinski definition) is 4. The number of hydrogen-bond donors (Lipinski definition) is 1. The molecule has 0 radical (unpaired) electrons. The number of aryl methyl sites for hydroxylation is 1. The number of nitrogens with zero attached hydrogens (tertiary/aromatic N) is 2. The predicted molar refractivity (Wildman–Crippen MR) is 107 cm³/mol. The van der Waals surface area contributed by atoms with Crippen molar-refractivity contribution in [1.82, 2.24) is 15.2 Å². The van der Waals surface area contributed by atoms with Crippen LogP contribution in [0, 0.1) is 6.92 Å². The molecule has 2 heterocycles. The van der Waals surface area contributed by atoms with E-state index in [1.54, 1.807) is 6.20 Å². The largest absolute Gasteiger partial charge is 0.481 e. The van der Waals surface area contributed by atoms with Gasteiger partial charge in [-0.1, -0.05) is 32.0 Å². The highest BCUT2D eigenvalue weighted by molar-refractivity contribution is 5.81. The number of pyridine rings is 1. The number of aromatic nitrogens is 1. The molecule has 1 aliphatic heterocycles. The first-order valence-electron chi connectivity index (χ1n) is 9.65. The Bertz CT molecular complexity index is 776. The molecule has 1 saturated heterocycles. The van der Waals surface area contributed by atoms with Crippen LogP contribution in [0.4, 0.5) is 0 Å². The Morgan fingerprint density at radius 3 is 2.81 bits per heavy atom. The fourth-order valence-electron chi connectivity index (χ4n) is 3.42. The number of carbonyl (C=O) groups is 1. The summed E-state index contributed by atoms with van der Waals surface area (Å²) in [6.07, 6.45) is 3.05. The summed E-state index contributed by atoms with van der Waals surface area (Å²) in [5.74, 6) is 1.22. The van der Waals surface area contributed by atoms with Crippen LogP contribution < -0.4 is 10.1 Å². The van der Waals surface area contributed by atoms with Crippen molar-refractivity contribution in [2.45, 2.75) is 45.8 Å². The monoisotopic (exact) mass is 367 g/mol. The molecule has 0 saturated carbocycles. The molecule has 1 aromatic heterocycles. The van der Waals surface area contributed by atoms with Gasteiger partial charge < -0.3 is 15.0 Å². The standard InChI is InChI=1S/C22H29N3O2/c1-15(2)18-8-7-16(3)21(12-18)27-17(4)22(26)25-11-10-24-14-20(25)19-6-5-9-23-13-19/h5-9,12-13,15,17,20,24H,10-11,14H2,1-4H3. The summed E-state index contributed by atoms with van der Waals surface area (Å²) < 4.78 is 6.11. The van der Waals surface area contributed by atoms with Crippen LogP contribution in [-0.4, -0.2) is 41.5 Å². The van der Waals surface area contributed by atoms with Gasteiger partial charge in [-0.15, -0.1) is 0 Å². The third-order valence-corrected chi connectivity index (χ3v) is 5.13. The molecule has 1 aliphatic rings. The summed E-state index contributed by atoms with van der Waals surface area (Å²) in [6, 6.07) is 10.1. The molecule has 1 aromatic carbocycles. The molecule has 27 heavy (non-hydrogen) atoms. The van der Waals surface area contributed by atoms with Crippen LogP contribution in [0.25, 0.3) is 0 Å². The zero-order chi connectivity index (χ0) is 19.4. The zero-order valence-corrected chi connectivity index (χ0v) is 16.6. The molecule has 144 valence electrons. The minimum atomic E-state index is -0.539. The quantitative estimate of drug-likeness (QED) is 0.879. The molecular formula is C22H29N3O2. The molecule has 5 nitrogen and oxygen atoms in total. The fourth-order valence-corrected chi connectivity index (χ4v) is 3.42. The minimum Gasteiger partial charge on any atom is -0.481 e. The molecule has 1 amide bonds. The number of piperazine rings is 1. The van der Waals surface area contributed by atoms with Crippen LogP contribution in [0.2, 0.25) is 0 Å². The fraction of sp³-hybridized carbons (Fsp3) is 0.455. The van der Waals surface area contributed by atoms with Crippen LogP contribution in [-0.2, 0) is 4.79 Å². The topological polar surface area (TPSA) is 54.5 Å². The number of carbonyl (C=O) groups excluding carboxylic acids is 1. The summed E-state index contributed by atoms with van der Waals surface area (Å²) in [5, 5.41) is 3.37. The Labute approximate surface area is 161 Å². The van der Waals surface area contributed by atoms with Crippen molar-refractivity contribution in [1.29, 1.82) is 0 Å². The first-order valence-corrected chi connectivity index (χ1v) is 9.65. The van der Waals surface area contributed by atoms with Crippen molar-refractivity contribution in [3.05, 3.63) is 59.4 Å². The van der Waals surface area contributed by atoms with Gasteiger partial charge in [-0.3, -0.25) is 9.78 Å². The van der Waals surface area contributed by atoms with E-state index in [2.05, 4.69) is 42.3 Å². The third-order valence-electron chi connectivity index (χ3n) is 5.13. The molecule has 2 unspecified atom stereocenters. The maximum atomic E-state index is 13.2. The van der Waals surface area contributed by atoms with Gasteiger partial charge in [0.15, 0.2) is 6.10 Å². The Kier molecular flexibility index (Phi) is 6.11. The molecule has 0 aliphatic carbocycles. The number of benzene rings is 1. The Balaban J connectivity index is 1.77. The smallest absolute Gasteiger partial charge is 0.263 e. The number of rotatable bonds is 5. The summed E-state index contributed by atoms with van der Waals surface area (Å²) >= 11 is 0. The first kappa shape index (κ1) is 19.4. The summed E-state index contributed by atoms with van der Waals surface area (Å²) in [7, 11) is 0. The molecule has 2 aromatic rings. The Morgan fingerprint density at radius 1 is 1.30 bits per heavy atom. The van der Waals surface area contributed by atoms with Crippen LogP contribution in [0.5, 0.6) is 5.75 Å². The lowest BCUT2D eigenvalue weighted by atomic mass is 10.0. The van der Waals surface area contributed by atoms with Gasteiger partial charge in [-0.05, 0) is 48.6 Å². The average Bonchev–Trinajstić information content (AvgIpc) is 2.69. The van der Waals surface area contributed by atoms with Crippen molar-refractivity contribution < 1.29 is 9.53 Å². The van der Waals surface area contributed by atoms with E-state index in [9.17, 15) is 4.79 Å². The highest BCUT2D eigenvalue weighted by Gasteiger charge is 2.31. The van der Waals surface area contributed by atoms with Gasteiger partial charge >= 0.3 is 0 Å². The van der Waals surface area contributed by atoms with E-state index in [-0.39, 0.29) is 11.9 Å². The van der Waals surface area contributed by atoms with E-state index < -0.39 is 6.10 Å². The molecule has 0 spiro atoms. The molecule has 1 N–H and O–H groups in total. The predicted octanol–water partition coefficient (Wildman–Crippen LogP) is 3.45. The van der Waals surface area contributed by atoms with E-state index in [4.69, 9.17) is 4.74 Å². The Morgan fingerprint density at radius 2 is 2.11 bits per heavy atom. The molecule has 2 atom stereocenters. The van der Waals surface area contributed by atoms with Crippen LogP contribution in [0.1, 0.15) is 49.4 Å². The Hall–Kier alpha value is -2.40. The van der Waals surface area contributed by atoms with Crippen molar-refractivity contribution >= 4 is 5.91 Å². The van der Waals surface area contributed by atoms with Crippen molar-refractivity contribution in [2.24, 2.45) is 0 Å². The van der Waals surface area contributed by atoms with Gasteiger partial charge in [0, 0.05) is 32.0 Å². The second-order valence-electron chi connectivity index (χ2n) is 7.48. The first-order chi connectivity index (χ1) is 13.0. The second-order valence-corrected chi connectivity index (χ2v) is 7.48. The highest BCUT2D eigenvalue weighted by atomic mass is 16.5. The zero-order valence-electron chi connectivity index (χ0n) is 16.6. The van der Waals surface area contributed by atoms with Crippen LogP contribution in [0.15, 0.2) is 42.7 Å². The van der Waals surface area contributed by atoms with Gasteiger partial charge in [0.1, 0.15) is 5.75 Å². The van der Waals surface area contributed by atoms with E-state index in [1.807, 2.05) is 37.1 Å². The second kappa shape index (κ2) is 8.53. The summed E-state index contributed by atoms with van der Waals surface area (Å²) in [6.45, 7) is 10.3. The van der Waals surface area contributed by atoms with Crippen molar-refractivity contribution in [2.75, 3.05) is 19.6 Å². The number of nitrogens with one attached hydrogen (secondary N) is 1. The van der Waals surface area contributed by atoms with E-state index in [0.29, 0.717) is 12.5 Å². The average molecular weight is 367 g/mol. The SMILES string of the molecule is Cc1ccc(C(C)C)cc1OC(C)C(=O)N1CCNCC1c1cccnc1. The molecule has 0 bridgehead atoms. The van der Waals surface area contributed by atoms with E-state index in [1.165, 1.54) is 5.56 Å². The van der Waals surface area contributed by atoms with Crippen molar-refractivity contribution in [3.8, 4) is 5.75 Å². The van der Waals surface area contributed by atoms with Gasteiger partial charge in [0.05, 0.1) is 6.04 Å². The van der Waals surface area contributed by atoms with Crippen molar-refractivity contribution in [3.63, 3.8) is 0 Å². The van der Waals surface area contributed by atoms with E-state index in [0.717, 1.165) is 30.0 Å². The molecule has 3 rings (SSSR count). The van der Waals surface area contributed by atoms with Crippen LogP contribution in [0.3, 0.4) is 0 Å². The van der Waals surface area contributed by atoms with Gasteiger partial charge in [0.2, 0.25) is 0 Å². The van der Waals surface area contributed by atoms with Crippen LogP contribution >= 0.6 is 0 Å². The minimum absolute atomic E-state index is 0.0136. The lowest BCUT2D eigenvalue weighted by Gasteiger charge is -2.37. The molecule has 5 heteroatoms. The number of ether oxygens (including phenoxy) is 1. The third kappa shape index (κ3) is 4.48. The van der Waals surface area contributed by atoms with Gasteiger partial charge in [-0.2, -0.15) is 0 Å².